The Morgan fingerprint density at radius 2 is 2.29 bits per heavy atom. The zero-order chi connectivity index (χ0) is 12.4. The summed E-state index contributed by atoms with van der Waals surface area (Å²) in [4.78, 5) is 27.7. The molecule has 1 fully saturated rings. The molecule has 4 heteroatoms. The van der Waals surface area contributed by atoms with Gasteiger partial charge in [-0.2, -0.15) is 0 Å². The number of carbonyl (C=O) groups is 1. The summed E-state index contributed by atoms with van der Waals surface area (Å²) in [5, 5.41) is 0. The van der Waals surface area contributed by atoms with Crippen molar-refractivity contribution in [1.29, 1.82) is 0 Å². The van der Waals surface area contributed by atoms with Crippen LogP contribution < -0.4 is 5.56 Å². The van der Waals surface area contributed by atoms with E-state index in [1.807, 2.05) is 4.90 Å². The van der Waals surface area contributed by atoms with Crippen molar-refractivity contribution < 1.29 is 4.79 Å². The van der Waals surface area contributed by atoms with Crippen LogP contribution in [0.15, 0.2) is 23.1 Å². The van der Waals surface area contributed by atoms with Crippen molar-refractivity contribution in [3.05, 3.63) is 34.2 Å². The number of H-pyrrole nitrogens is 1. The van der Waals surface area contributed by atoms with Crippen molar-refractivity contribution >= 4 is 5.91 Å². The third kappa shape index (κ3) is 2.57. The Morgan fingerprint density at radius 3 is 2.88 bits per heavy atom. The van der Waals surface area contributed by atoms with Crippen LogP contribution in [0.1, 0.15) is 30.6 Å². The van der Waals surface area contributed by atoms with E-state index in [1.165, 1.54) is 12.3 Å². The van der Waals surface area contributed by atoms with Crippen LogP contribution in [0.4, 0.5) is 0 Å². The van der Waals surface area contributed by atoms with Crippen LogP contribution >= 0.6 is 0 Å². The van der Waals surface area contributed by atoms with Gasteiger partial charge in [-0.15, -0.1) is 0 Å². The second-order valence-corrected chi connectivity index (χ2v) is 4.99. The first-order valence-corrected chi connectivity index (χ1v) is 6.06. The molecule has 1 amide bonds. The lowest BCUT2D eigenvalue weighted by molar-refractivity contribution is 0.0784. The summed E-state index contributed by atoms with van der Waals surface area (Å²) in [6.45, 7) is 5.98. The first kappa shape index (κ1) is 11.9. The van der Waals surface area contributed by atoms with Gasteiger partial charge >= 0.3 is 0 Å². The molecule has 1 aromatic rings. The summed E-state index contributed by atoms with van der Waals surface area (Å²) < 4.78 is 0. The van der Waals surface area contributed by atoms with Crippen LogP contribution in [0.2, 0.25) is 0 Å². The lowest BCUT2D eigenvalue weighted by Gasteiger charge is -2.18. The molecule has 92 valence electrons. The average Bonchev–Trinajstić information content (AvgIpc) is 2.77. The molecule has 1 saturated heterocycles. The molecule has 0 aliphatic carbocycles. The van der Waals surface area contributed by atoms with Crippen LogP contribution in [-0.2, 0) is 0 Å². The van der Waals surface area contributed by atoms with Crippen molar-refractivity contribution in [2.24, 2.45) is 11.8 Å². The molecule has 1 N–H and O–H groups in total. The number of aromatic nitrogens is 1. The maximum absolute atomic E-state index is 12.1. The van der Waals surface area contributed by atoms with E-state index in [4.69, 9.17) is 0 Å². The standard InChI is InChI=1S/C13H18N2O2/c1-9(2)11-4-6-15(8-11)13(17)10-3-5-14-12(16)7-10/h3,5,7,9,11H,4,6,8H2,1-2H3,(H,14,16). The normalized spacial score (nSPS) is 19.9. The minimum absolute atomic E-state index is 0.0285. The molecular formula is C13H18N2O2. The van der Waals surface area contributed by atoms with Gasteiger partial charge in [0.2, 0.25) is 5.56 Å². The quantitative estimate of drug-likeness (QED) is 0.843. The molecule has 1 aromatic heterocycles. The molecule has 1 unspecified atom stereocenters. The van der Waals surface area contributed by atoms with Crippen LogP contribution in [0.3, 0.4) is 0 Å². The van der Waals surface area contributed by atoms with Gasteiger partial charge in [-0.05, 0) is 24.3 Å². The van der Waals surface area contributed by atoms with Gasteiger partial charge in [0.25, 0.3) is 5.91 Å². The summed E-state index contributed by atoms with van der Waals surface area (Å²) in [5.41, 5.74) is 0.258. The summed E-state index contributed by atoms with van der Waals surface area (Å²) in [6.07, 6.45) is 2.58. The topological polar surface area (TPSA) is 53.2 Å². The van der Waals surface area contributed by atoms with E-state index in [-0.39, 0.29) is 11.5 Å². The van der Waals surface area contributed by atoms with E-state index in [0.29, 0.717) is 17.4 Å². The Hall–Kier alpha value is -1.58. The average molecular weight is 234 g/mol. The molecule has 1 atom stereocenters. The smallest absolute Gasteiger partial charge is 0.254 e. The molecule has 0 spiro atoms. The van der Waals surface area contributed by atoms with Crippen molar-refractivity contribution in [3.63, 3.8) is 0 Å². The van der Waals surface area contributed by atoms with E-state index in [2.05, 4.69) is 18.8 Å². The summed E-state index contributed by atoms with van der Waals surface area (Å²) in [6, 6.07) is 3.03. The van der Waals surface area contributed by atoms with Crippen molar-refractivity contribution in [2.45, 2.75) is 20.3 Å². The van der Waals surface area contributed by atoms with Crippen molar-refractivity contribution in [1.82, 2.24) is 9.88 Å². The molecule has 1 aliphatic rings. The summed E-state index contributed by atoms with van der Waals surface area (Å²) >= 11 is 0. The summed E-state index contributed by atoms with van der Waals surface area (Å²) in [7, 11) is 0. The third-order valence-electron chi connectivity index (χ3n) is 3.48. The molecule has 4 nitrogen and oxygen atoms in total. The summed E-state index contributed by atoms with van der Waals surface area (Å²) in [5.74, 6) is 1.16. The van der Waals surface area contributed by atoms with E-state index >= 15 is 0 Å². The largest absolute Gasteiger partial charge is 0.338 e. The zero-order valence-corrected chi connectivity index (χ0v) is 10.3. The Morgan fingerprint density at radius 1 is 1.53 bits per heavy atom. The lowest BCUT2D eigenvalue weighted by atomic mass is 9.95. The molecule has 2 rings (SSSR count). The lowest BCUT2D eigenvalue weighted by Crippen LogP contribution is -2.30. The van der Waals surface area contributed by atoms with Gasteiger partial charge in [-0.25, -0.2) is 0 Å². The molecule has 0 bridgehead atoms. The molecule has 2 heterocycles. The minimum atomic E-state index is -0.226. The van der Waals surface area contributed by atoms with Crippen molar-refractivity contribution in [3.8, 4) is 0 Å². The number of pyridine rings is 1. The number of hydrogen-bond donors (Lipinski definition) is 1. The molecule has 0 aromatic carbocycles. The highest BCUT2D eigenvalue weighted by Gasteiger charge is 2.28. The fourth-order valence-corrected chi connectivity index (χ4v) is 2.28. The number of likely N-dealkylation sites (tertiary alicyclic amines) is 1. The number of rotatable bonds is 2. The highest BCUT2D eigenvalue weighted by Crippen LogP contribution is 2.24. The van der Waals surface area contributed by atoms with Gasteiger partial charge in [-0.3, -0.25) is 9.59 Å². The number of nitrogens with one attached hydrogen (secondary N) is 1. The van der Waals surface area contributed by atoms with Crippen LogP contribution in [0.25, 0.3) is 0 Å². The van der Waals surface area contributed by atoms with Gasteiger partial charge < -0.3 is 9.88 Å². The number of hydrogen-bond acceptors (Lipinski definition) is 2. The maximum Gasteiger partial charge on any atom is 0.254 e. The first-order valence-electron chi connectivity index (χ1n) is 6.06. The first-order chi connectivity index (χ1) is 8.08. The predicted octanol–water partition coefficient (Wildman–Crippen LogP) is 1.49. The second-order valence-electron chi connectivity index (χ2n) is 4.99. The number of nitrogens with zero attached hydrogens (tertiary/aromatic N) is 1. The molecule has 0 radical (unpaired) electrons. The van der Waals surface area contributed by atoms with E-state index in [0.717, 1.165) is 19.5 Å². The van der Waals surface area contributed by atoms with E-state index < -0.39 is 0 Å². The van der Waals surface area contributed by atoms with E-state index in [1.54, 1.807) is 6.07 Å². The van der Waals surface area contributed by atoms with Crippen LogP contribution in [0, 0.1) is 11.8 Å². The van der Waals surface area contributed by atoms with Gasteiger partial charge in [0, 0.05) is 30.9 Å². The monoisotopic (exact) mass is 234 g/mol. The molecule has 0 saturated carbocycles. The Balaban J connectivity index is 2.10. The van der Waals surface area contributed by atoms with E-state index in [9.17, 15) is 9.59 Å². The molecule has 17 heavy (non-hydrogen) atoms. The number of carbonyl (C=O) groups excluding carboxylic acids is 1. The second kappa shape index (κ2) is 4.73. The number of aromatic amines is 1. The molecule has 1 aliphatic heterocycles. The Bertz CT molecular complexity index is 464. The van der Waals surface area contributed by atoms with Gasteiger partial charge in [0.1, 0.15) is 0 Å². The van der Waals surface area contributed by atoms with Crippen LogP contribution in [0.5, 0.6) is 0 Å². The predicted molar refractivity (Wildman–Crippen MR) is 65.9 cm³/mol. The Labute approximate surface area is 101 Å². The Kier molecular flexibility index (Phi) is 3.31. The highest BCUT2D eigenvalue weighted by atomic mass is 16.2. The third-order valence-corrected chi connectivity index (χ3v) is 3.48. The number of amides is 1. The van der Waals surface area contributed by atoms with Gasteiger partial charge in [0.15, 0.2) is 0 Å². The molecular weight excluding hydrogens is 216 g/mol. The van der Waals surface area contributed by atoms with Crippen molar-refractivity contribution in [2.75, 3.05) is 13.1 Å². The zero-order valence-electron chi connectivity index (χ0n) is 10.3. The fraction of sp³-hybridized carbons (Fsp3) is 0.538. The van der Waals surface area contributed by atoms with Crippen LogP contribution in [-0.4, -0.2) is 28.9 Å². The minimum Gasteiger partial charge on any atom is -0.338 e. The maximum atomic E-state index is 12.1. The fourth-order valence-electron chi connectivity index (χ4n) is 2.28. The highest BCUT2D eigenvalue weighted by molar-refractivity contribution is 5.94. The van der Waals surface area contributed by atoms with Gasteiger partial charge in [0.05, 0.1) is 0 Å². The SMILES string of the molecule is CC(C)C1CCN(C(=O)c2cc[nH]c(=O)c2)C1. The van der Waals surface area contributed by atoms with Gasteiger partial charge in [-0.1, -0.05) is 13.8 Å².